The molecular weight excluding hydrogens is 312 g/mol. The third-order valence-electron chi connectivity index (χ3n) is 2.41. The Labute approximate surface area is 117 Å². The second kappa shape index (κ2) is 6.08. The second-order valence-electron chi connectivity index (χ2n) is 3.82. The van der Waals surface area contributed by atoms with Crippen molar-refractivity contribution < 1.29 is 16.8 Å². The number of halogens is 1. The van der Waals surface area contributed by atoms with Gasteiger partial charge in [0.2, 0.25) is 10.0 Å². The van der Waals surface area contributed by atoms with Gasteiger partial charge < -0.3 is 5.73 Å². The molecular formula is C10H15ClN2O4S2. The summed E-state index contributed by atoms with van der Waals surface area (Å²) in [5.74, 6) is -0.284. The lowest BCUT2D eigenvalue weighted by molar-refractivity contribution is 0.581. The zero-order valence-corrected chi connectivity index (χ0v) is 12.6. The number of sulfone groups is 1. The molecule has 19 heavy (non-hydrogen) atoms. The van der Waals surface area contributed by atoms with Gasteiger partial charge in [-0.1, -0.05) is 18.5 Å². The number of benzene rings is 1. The molecule has 0 bridgehead atoms. The van der Waals surface area contributed by atoms with Crippen LogP contribution < -0.4 is 10.5 Å². The Morgan fingerprint density at radius 1 is 1.26 bits per heavy atom. The van der Waals surface area contributed by atoms with Crippen LogP contribution in [-0.2, 0) is 19.9 Å². The number of anilines is 1. The summed E-state index contributed by atoms with van der Waals surface area (Å²) in [5, 5.41) is 0.324. The Bertz CT molecular complexity index is 656. The average Bonchev–Trinajstić information content (AvgIpc) is 2.27. The van der Waals surface area contributed by atoms with Gasteiger partial charge in [-0.15, -0.1) is 0 Å². The van der Waals surface area contributed by atoms with E-state index in [0.29, 0.717) is 5.02 Å². The number of nitrogens with one attached hydrogen (secondary N) is 1. The fourth-order valence-corrected chi connectivity index (χ4v) is 3.47. The number of nitrogen functional groups attached to an aromatic ring is 1. The van der Waals surface area contributed by atoms with Gasteiger partial charge in [0, 0.05) is 17.3 Å². The minimum atomic E-state index is -3.84. The van der Waals surface area contributed by atoms with Gasteiger partial charge in [0.15, 0.2) is 9.84 Å². The highest BCUT2D eigenvalue weighted by Crippen LogP contribution is 2.21. The Kier molecular flexibility index (Phi) is 5.19. The molecule has 0 radical (unpaired) electrons. The summed E-state index contributed by atoms with van der Waals surface area (Å²) in [7, 11) is -7.06. The third kappa shape index (κ3) is 4.64. The predicted octanol–water partition coefficient (Wildman–Crippen LogP) is 0.635. The van der Waals surface area contributed by atoms with Gasteiger partial charge >= 0.3 is 0 Å². The van der Waals surface area contributed by atoms with Gasteiger partial charge in [0.05, 0.1) is 11.4 Å². The van der Waals surface area contributed by atoms with Crippen LogP contribution in [0.2, 0.25) is 5.02 Å². The first kappa shape index (κ1) is 16.2. The van der Waals surface area contributed by atoms with E-state index < -0.39 is 19.9 Å². The van der Waals surface area contributed by atoms with E-state index in [0.717, 1.165) is 0 Å². The number of hydrogen-bond donors (Lipinski definition) is 2. The molecule has 3 N–H and O–H groups in total. The van der Waals surface area contributed by atoms with E-state index in [2.05, 4.69) is 4.72 Å². The van der Waals surface area contributed by atoms with Gasteiger partial charge in [-0.2, -0.15) is 0 Å². The quantitative estimate of drug-likeness (QED) is 0.746. The molecule has 0 saturated carbocycles. The van der Waals surface area contributed by atoms with Crippen LogP contribution in [0.1, 0.15) is 6.92 Å². The third-order valence-corrected chi connectivity index (χ3v) is 5.88. The summed E-state index contributed by atoms with van der Waals surface area (Å²) < 4.78 is 48.5. The van der Waals surface area contributed by atoms with E-state index in [9.17, 15) is 16.8 Å². The lowest BCUT2D eigenvalue weighted by Crippen LogP contribution is -2.30. The van der Waals surface area contributed by atoms with Crippen molar-refractivity contribution in [3.05, 3.63) is 23.2 Å². The molecule has 0 aromatic heterocycles. The van der Waals surface area contributed by atoms with Crippen molar-refractivity contribution in [2.45, 2.75) is 11.8 Å². The van der Waals surface area contributed by atoms with E-state index >= 15 is 0 Å². The molecule has 1 aromatic carbocycles. The summed E-state index contributed by atoms with van der Waals surface area (Å²) in [6, 6.07) is 3.99. The summed E-state index contributed by atoms with van der Waals surface area (Å²) in [5.41, 5.74) is 5.58. The van der Waals surface area contributed by atoms with Crippen LogP contribution in [0.25, 0.3) is 0 Å². The first-order valence-corrected chi connectivity index (χ1v) is 9.11. The van der Waals surface area contributed by atoms with Gasteiger partial charge in [0.1, 0.15) is 4.90 Å². The van der Waals surface area contributed by atoms with Crippen LogP contribution in [-0.4, -0.2) is 34.9 Å². The molecule has 108 valence electrons. The fraction of sp³-hybridized carbons (Fsp3) is 0.400. The normalized spacial score (nSPS) is 12.5. The lowest BCUT2D eigenvalue weighted by Gasteiger charge is -2.09. The summed E-state index contributed by atoms with van der Waals surface area (Å²) >= 11 is 5.68. The van der Waals surface area contributed by atoms with Crippen molar-refractivity contribution in [3.8, 4) is 0 Å². The van der Waals surface area contributed by atoms with E-state index in [1.165, 1.54) is 25.1 Å². The molecule has 0 spiro atoms. The van der Waals surface area contributed by atoms with Crippen LogP contribution in [0, 0.1) is 0 Å². The fourth-order valence-electron chi connectivity index (χ4n) is 1.32. The molecule has 0 aliphatic carbocycles. The Balaban J connectivity index is 2.82. The highest BCUT2D eigenvalue weighted by molar-refractivity contribution is 7.91. The minimum absolute atomic E-state index is 0.0124. The highest BCUT2D eigenvalue weighted by atomic mass is 35.5. The Hall–Kier alpha value is -0.830. The molecule has 0 heterocycles. The molecule has 0 aliphatic rings. The molecule has 0 aliphatic heterocycles. The number of sulfonamides is 1. The van der Waals surface area contributed by atoms with Crippen LogP contribution in [0.4, 0.5) is 5.69 Å². The first-order valence-electron chi connectivity index (χ1n) is 5.43. The molecule has 1 rings (SSSR count). The summed E-state index contributed by atoms with van der Waals surface area (Å²) in [6.07, 6.45) is 0. The van der Waals surface area contributed by atoms with E-state index in [-0.39, 0.29) is 28.6 Å². The molecule has 0 atom stereocenters. The summed E-state index contributed by atoms with van der Waals surface area (Å²) in [6.45, 7) is 1.31. The number of hydrogen-bond acceptors (Lipinski definition) is 5. The lowest BCUT2D eigenvalue weighted by atomic mass is 10.3. The SMILES string of the molecule is CCS(=O)(=O)CCNS(=O)(=O)c1ccc(Cl)cc1N. The van der Waals surface area contributed by atoms with Crippen molar-refractivity contribution in [1.82, 2.24) is 4.72 Å². The first-order chi connectivity index (χ1) is 8.68. The second-order valence-corrected chi connectivity index (χ2v) is 8.46. The maximum absolute atomic E-state index is 11.9. The smallest absolute Gasteiger partial charge is 0.242 e. The van der Waals surface area contributed by atoms with E-state index in [1.54, 1.807) is 0 Å². The summed E-state index contributed by atoms with van der Waals surface area (Å²) in [4.78, 5) is -0.120. The monoisotopic (exact) mass is 326 g/mol. The van der Waals surface area contributed by atoms with Crippen LogP contribution in [0.3, 0.4) is 0 Å². The maximum atomic E-state index is 11.9. The van der Waals surface area contributed by atoms with Crippen LogP contribution in [0.15, 0.2) is 23.1 Å². The van der Waals surface area contributed by atoms with Gasteiger partial charge in [-0.25, -0.2) is 21.6 Å². The molecule has 6 nitrogen and oxygen atoms in total. The minimum Gasteiger partial charge on any atom is -0.398 e. The standard InChI is InChI=1S/C10H15ClN2O4S2/c1-2-18(14,15)6-5-13-19(16,17)10-4-3-8(11)7-9(10)12/h3-4,7,13H,2,5-6,12H2,1H3. The maximum Gasteiger partial charge on any atom is 0.242 e. The Morgan fingerprint density at radius 2 is 1.89 bits per heavy atom. The van der Waals surface area contributed by atoms with Crippen molar-refractivity contribution >= 4 is 37.1 Å². The molecule has 0 saturated heterocycles. The van der Waals surface area contributed by atoms with Gasteiger partial charge in [0.25, 0.3) is 0 Å². The van der Waals surface area contributed by atoms with Crippen molar-refractivity contribution in [3.63, 3.8) is 0 Å². The number of rotatable bonds is 6. The molecule has 9 heteroatoms. The molecule has 0 amide bonds. The zero-order chi connectivity index (χ0) is 14.7. The Morgan fingerprint density at radius 3 is 2.42 bits per heavy atom. The van der Waals surface area contributed by atoms with Crippen molar-refractivity contribution in [1.29, 1.82) is 0 Å². The predicted molar refractivity (Wildman–Crippen MR) is 75.4 cm³/mol. The van der Waals surface area contributed by atoms with Gasteiger partial charge in [-0.3, -0.25) is 0 Å². The van der Waals surface area contributed by atoms with Gasteiger partial charge in [-0.05, 0) is 18.2 Å². The van der Waals surface area contributed by atoms with Crippen LogP contribution >= 0.6 is 11.6 Å². The van der Waals surface area contributed by atoms with Crippen LogP contribution in [0.5, 0.6) is 0 Å². The molecule has 0 fully saturated rings. The van der Waals surface area contributed by atoms with E-state index in [4.69, 9.17) is 17.3 Å². The molecule has 1 aromatic rings. The largest absolute Gasteiger partial charge is 0.398 e. The topological polar surface area (TPSA) is 106 Å². The highest BCUT2D eigenvalue weighted by Gasteiger charge is 2.18. The molecule has 0 unspecified atom stereocenters. The zero-order valence-electron chi connectivity index (χ0n) is 10.3. The van der Waals surface area contributed by atoms with Crippen molar-refractivity contribution in [2.75, 3.05) is 23.8 Å². The average molecular weight is 327 g/mol. The van der Waals surface area contributed by atoms with Crippen molar-refractivity contribution in [2.24, 2.45) is 0 Å². The van der Waals surface area contributed by atoms with E-state index in [1.807, 2.05) is 0 Å². The number of nitrogens with two attached hydrogens (primary N) is 1.